The lowest BCUT2D eigenvalue weighted by atomic mass is 10.1. The molecule has 1 amide bonds. The average Bonchev–Trinajstić information content (AvgIpc) is 2.89. The largest absolute Gasteiger partial charge is 0.497 e. The number of para-hydroxylation sites is 1. The second-order valence-electron chi connectivity index (χ2n) is 9.18. The van der Waals surface area contributed by atoms with Crippen molar-refractivity contribution in [2.75, 3.05) is 79.7 Å². The van der Waals surface area contributed by atoms with E-state index in [2.05, 4.69) is 39.0 Å². The molecule has 2 aliphatic rings. The van der Waals surface area contributed by atoms with Gasteiger partial charge < -0.3 is 19.3 Å². The van der Waals surface area contributed by atoms with Crippen LogP contribution in [0.3, 0.4) is 0 Å². The van der Waals surface area contributed by atoms with Gasteiger partial charge in [-0.05, 0) is 30.2 Å². The summed E-state index contributed by atoms with van der Waals surface area (Å²) in [5.74, 6) is 2.10. The van der Waals surface area contributed by atoms with Gasteiger partial charge in [-0.15, -0.1) is 0 Å². The molecule has 7 nitrogen and oxygen atoms in total. The van der Waals surface area contributed by atoms with Crippen molar-refractivity contribution in [2.45, 2.75) is 13.0 Å². The summed E-state index contributed by atoms with van der Waals surface area (Å²) in [5, 5.41) is 0. The number of methoxy groups -OCH3 is 2. The van der Waals surface area contributed by atoms with Crippen LogP contribution in [0.2, 0.25) is 0 Å². The monoisotopic (exact) mass is 466 g/mol. The number of carbonyl (C=O) groups excluding carboxylic acids is 1. The van der Waals surface area contributed by atoms with Crippen molar-refractivity contribution in [3.05, 3.63) is 59.7 Å². The molecule has 0 radical (unpaired) electrons. The molecule has 0 saturated carbocycles. The number of piperazine rings is 2. The molecule has 0 aromatic heterocycles. The Kier molecular flexibility index (Phi) is 8.79. The van der Waals surface area contributed by atoms with Crippen LogP contribution in [0.5, 0.6) is 11.5 Å². The van der Waals surface area contributed by atoms with Crippen LogP contribution in [-0.4, -0.2) is 105 Å². The Hall–Kier alpha value is -2.61. The highest BCUT2D eigenvalue weighted by Gasteiger charge is 2.25. The quantitative estimate of drug-likeness (QED) is 0.565. The van der Waals surface area contributed by atoms with Gasteiger partial charge in [-0.2, -0.15) is 0 Å². The second-order valence-corrected chi connectivity index (χ2v) is 9.18. The summed E-state index contributed by atoms with van der Waals surface area (Å²) in [4.78, 5) is 22.2. The minimum absolute atomic E-state index is 0.267. The Labute approximate surface area is 203 Å². The predicted octanol–water partition coefficient (Wildman–Crippen LogP) is 2.21. The van der Waals surface area contributed by atoms with Crippen molar-refractivity contribution in [2.24, 2.45) is 0 Å². The zero-order valence-electron chi connectivity index (χ0n) is 20.6. The van der Waals surface area contributed by atoms with Crippen LogP contribution in [0.1, 0.15) is 11.1 Å². The van der Waals surface area contributed by atoms with Crippen molar-refractivity contribution in [1.29, 1.82) is 0 Å². The fourth-order valence-corrected chi connectivity index (χ4v) is 4.77. The zero-order valence-corrected chi connectivity index (χ0v) is 20.6. The molecule has 0 atom stereocenters. The van der Waals surface area contributed by atoms with Crippen molar-refractivity contribution in [3.8, 4) is 11.5 Å². The number of carbonyl (C=O) groups is 1. The van der Waals surface area contributed by atoms with Crippen LogP contribution in [0, 0.1) is 0 Å². The zero-order chi connectivity index (χ0) is 23.8. The van der Waals surface area contributed by atoms with Crippen molar-refractivity contribution in [3.63, 3.8) is 0 Å². The molecule has 2 saturated heterocycles. The topological polar surface area (TPSA) is 48.5 Å². The molecule has 2 aromatic rings. The third-order valence-corrected chi connectivity index (χ3v) is 7.01. The molecule has 34 heavy (non-hydrogen) atoms. The van der Waals surface area contributed by atoms with Crippen LogP contribution in [-0.2, 0) is 17.8 Å². The van der Waals surface area contributed by atoms with E-state index in [0.29, 0.717) is 6.54 Å². The summed E-state index contributed by atoms with van der Waals surface area (Å²) in [6.45, 7) is 9.85. The lowest BCUT2D eigenvalue weighted by molar-refractivity contribution is -0.134. The predicted molar refractivity (Wildman–Crippen MR) is 134 cm³/mol. The number of nitrogens with zero attached hydrogens (tertiary/aromatic N) is 4. The van der Waals surface area contributed by atoms with Gasteiger partial charge in [-0.3, -0.25) is 14.6 Å². The number of hydrogen-bond donors (Lipinski definition) is 0. The van der Waals surface area contributed by atoms with E-state index in [-0.39, 0.29) is 5.91 Å². The van der Waals surface area contributed by atoms with Crippen molar-refractivity contribution < 1.29 is 14.3 Å². The van der Waals surface area contributed by atoms with Crippen molar-refractivity contribution in [1.82, 2.24) is 19.6 Å². The minimum atomic E-state index is 0.267. The van der Waals surface area contributed by atoms with E-state index < -0.39 is 0 Å². The lowest BCUT2D eigenvalue weighted by Gasteiger charge is -2.38. The van der Waals surface area contributed by atoms with Gasteiger partial charge in [0.05, 0.1) is 20.8 Å². The maximum atomic E-state index is 12.9. The van der Waals surface area contributed by atoms with Crippen LogP contribution in [0.25, 0.3) is 0 Å². The third-order valence-electron chi connectivity index (χ3n) is 7.01. The number of benzene rings is 2. The van der Waals surface area contributed by atoms with Gasteiger partial charge in [0.25, 0.3) is 0 Å². The second kappa shape index (κ2) is 12.2. The fourth-order valence-electron chi connectivity index (χ4n) is 4.77. The molecule has 7 heteroatoms. The summed E-state index contributed by atoms with van der Waals surface area (Å²) in [5.41, 5.74) is 2.54. The van der Waals surface area contributed by atoms with Gasteiger partial charge in [0, 0.05) is 71.0 Å². The number of rotatable bonds is 9. The summed E-state index contributed by atoms with van der Waals surface area (Å²) < 4.78 is 10.7. The number of hydrogen-bond acceptors (Lipinski definition) is 6. The first-order valence-corrected chi connectivity index (χ1v) is 12.3. The van der Waals surface area contributed by atoms with Crippen LogP contribution in [0.4, 0.5) is 0 Å². The molecule has 2 aromatic carbocycles. The lowest BCUT2D eigenvalue weighted by Crippen LogP contribution is -2.53. The van der Waals surface area contributed by atoms with Gasteiger partial charge in [0.15, 0.2) is 0 Å². The molecule has 0 bridgehead atoms. The van der Waals surface area contributed by atoms with Crippen LogP contribution < -0.4 is 9.47 Å². The Morgan fingerprint density at radius 1 is 0.765 bits per heavy atom. The first-order valence-electron chi connectivity index (χ1n) is 12.3. The molecule has 4 rings (SSSR count). The molecule has 2 aliphatic heterocycles. The SMILES string of the molecule is COc1ccc(CCN2CCN(CC(=O)N3CCN(Cc4ccccc4OC)CC3)CC2)cc1. The number of amides is 1. The first-order chi connectivity index (χ1) is 16.6. The summed E-state index contributed by atoms with van der Waals surface area (Å²) in [6, 6.07) is 16.5. The van der Waals surface area contributed by atoms with Gasteiger partial charge in [0.1, 0.15) is 11.5 Å². The Morgan fingerprint density at radius 3 is 2.09 bits per heavy atom. The highest BCUT2D eigenvalue weighted by atomic mass is 16.5. The van der Waals surface area contributed by atoms with E-state index in [1.165, 1.54) is 11.1 Å². The standard InChI is InChI=1S/C27H38N4O3/c1-33-25-9-7-23(8-10-25)11-12-28-13-15-30(16-14-28)22-27(32)31-19-17-29(18-20-31)21-24-5-3-4-6-26(24)34-2/h3-10H,11-22H2,1-2H3. The molecular formula is C27H38N4O3. The molecule has 0 N–H and O–H groups in total. The maximum Gasteiger partial charge on any atom is 0.236 e. The van der Waals surface area contributed by atoms with E-state index in [4.69, 9.17) is 9.47 Å². The Morgan fingerprint density at radius 2 is 1.41 bits per heavy atom. The minimum Gasteiger partial charge on any atom is -0.497 e. The van der Waals surface area contributed by atoms with E-state index in [1.54, 1.807) is 14.2 Å². The summed E-state index contributed by atoms with van der Waals surface area (Å²) >= 11 is 0. The molecule has 0 aliphatic carbocycles. The third kappa shape index (κ3) is 6.72. The average molecular weight is 467 g/mol. The normalized spacial score (nSPS) is 18.1. The first kappa shape index (κ1) is 24.5. The molecule has 0 spiro atoms. The van der Waals surface area contributed by atoms with Crippen LogP contribution >= 0.6 is 0 Å². The van der Waals surface area contributed by atoms with Gasteiger partial charge >= 0.3 is 0 Å². The van der Waals surface area contributed by atoms with Gasteiger partial charge in [-0.25, -0.2) is 0 Å². The molecule has 2 fully saturated rings. The van der Waals surface area contributed by atoms with E-state index >= 15 is 0 Å². The Balaban J connectivity index is 1.14. The highest BCUT2D eigenvalue weighted by molar-refractivity contribution is 5.78. The number of ether oxygens (including phenoxy) is 2. The van der Waals surface area contributed by atoms with E-state index in [0.717, 1.165) is 83.4 Å². The molecule has 0 unspecified atom stereocenters. The molecule has 184 valence electrons. The summed E-state index contributed by atoms with van der Waals surface area (Å²) in [6.07, 6.45) is 1.04. The smallest absolute Gasteiger partial charge is 0.236 e. The maximum absolute atomic E-state index is 12.9. The van der Waals surface area contributed by atoms with E-state index in [1.807, 2.05) is 29.2 Å². The van der Waals surface area contributed by atoms with Gasteiger partial charge in [-0.1, -0.05) is 30.3 Å². The van der Waals surface area contributed by atoms with Crippen molar-refractivity contribution >= 4 is 5.91 Å². The molecular weight excluding hydrogens is 428 g/mol. The highest BCUT2D eigenvalue weighted by Crippen LogP contribution is 2.20. The summed E-state index contributed by atoms with van der Waals surface area (Å²) in [7, 11) is 3.42. The van der Waals surface area contributed by atoms with Crippen LogP contribution in [0.15, 0.2) is 48.5 Å². The Bertz CT molecular complexity index is 904. The fraction of sp³-hybridized carbons (Fsp3) is 0.519. The molecule has 2 heterocycles. The van der Waals surface area contributed by atoms with E-state index in [9.17, 15) is 4.79 Å². The van der Waals surface area contributed by atoms with Gasteiger partial charge in [0.2, 0.25) is 5.91 Å².